The van der Waals surface area contributed by atoms with E-state index in [1.54, 1.807) is 7.11 Å². The van der Waals surface area contributed by atoms with E-state index in [0.29, 0.717) is 12.8 Å². The molecule has 1 saturated carbocycles. The second-order valence-electron chi connectivity index (χ2n) is 8.82. The summed E-state index contributed by atoms with van der Waals surface area (Å²) in [6.07, 6.45) is 3.73. The number of carboxylic acid groups (broad SMARTS) is 1. The molecule has 1 aliphatic carbocycles. The molecule has 1 aliphatic heterocycles. The number of aliphatic carboxylic acids is 1. The summed E-state index contributed by atoms with van der Waals surface area (Å²) in [6, 6.07) is 11.9. The van der Waals surface area contributed by atoms with Crippen molar-refractivity contribution in [2.45, 2.75) is 32.1 Å². The minimum Gasteiger partial charge on any atom is -0.497 e. The molecule has 8 heteroatoms. The molecule has 0 bridgehead atoms. The zero-order valence-electron chi connectivity index (χ0n) is 19.1. The Morgan fingerprint density at radius 1 is 1.03 bits per heavy atom. The Bertz CT molecular complexity index is 1110. The second kappa shape index (κ2) is 10.1. The molecule has 0 saturated heterocycles. The maximum absolute atomic E-state index is 12.9. The number of hydrogen-bond acceptors (Lipinski definition) is 5. The summed E-state index contributed by atoms with van der Waals surface area (Å²) in [5.41, 5.74) is 1.75. The lowest BCUT2D eigenvalue weighted by Gasteiger charge is -2.28. The van der Waals surface area contributed by atoms with Gasteiger partial charge in [-0.15, -0.1) is 0 Å². The summed E-state index contributed by atoms with van der Waals surface area (Å²) in [5.74, 6) is -1.82. The molecule has 1 heterocycles. The molecule has 2 atom stereocenters. The first kappa shape index (κ1) is 23.5. The van der Waals surface area contributed by atoms with Crippen LogP contribution in [0.25, 0.3) is 0 Å². The largest absolute Gasteiger partial charge is 0.497 e. The van der Waals surface area contributed by atoms with E-state index in [4.69, 9.17) is 4.74 Å². The molecule has 0 radical (unpaired) electrons. The number of carboxylic acids is 1. The normalized spacial score (nSPS) is 19.6. The maximum Gasteiger partial charge on any atom is 0.306 e. The summed E-state index contributed by atoms with van der Waals surface area (Å²) >= 11 is 0. The quantitative estimate of drug-likeness (QED) is 0.581. The lowest BCUT2D eigenvalue weighted by Crippen LogP contribution is -2.37. The molecule has 1 fully saturated rings. The zero-order valence-corrected chi connectivity index (χ0v) is 19.1. The van der Waals surface area contributed by atoms with Gasteiger partial charge in [0.15, 0.2) is 0 Å². The van der Waals surface area contributed by atoms with Crippen LogP contribution in [0, 0.1) is 11.8 Å². The Labute approximate surface area is 197 Å². The Kier molecular flexibility index (Phi) is 6.95. The Morgan fingerprint density at radius 2 is 1.74 bits per heavy atom. The SMILES string of the molecule is COc1ccc(CCN2C(=O)c3ccc(C(=O)NC[C@@H]4CCCC[C@@H]4C(=O)O)cc3C2=O)cc1. The number of ether oxygens (including phenoxy) is 1. The van der Waals surface area contributed by atoms with Crippen LogP contribution < -0.4 is 10.1 Å². The predicted octanol–water partition coefficient (Wildman–Crippen LogP) is 3.15. The average molecular weight is 465 g/mol. The van der Waals surface area contributed by atoms with Gasteiger partial charge in [0.05, 0.1) is 24.2 Å². The Morgan fingerprint density at radius 3 is 2.44 bits per heavy atom. The van der Waals surface area contributed by atoms with E-state index in [2.05, 4.69) is 5.32 Å². The topological polar surface area (TPSA) is 113 Å². The fourth-order valence-corrected chi connectivity index (χ4v) is 4.77. The number of nitrogens with one attached hydrogen (secondary N) is 1. The van der Waals surface area contributed by atoms with E-state index in [0.717, 1.165) is 30.6 Å². The van der Waals surface area contributed by atoms with Gasteiger partial charge in [-0.2, -0.15) is 0 Å². The molecule has 0 unspecified atom stereocenters. The van der Waals surface area contributed by atoms with Crippen molar-refractivity contribution < 1.29 is 29.0 Å². The Balaban J connectivity index is 1.40. The highest BCUT2D eigenvalue weighted by Crippen LogP contribution is 2.30. The number of methoxy groups -OCH3 is 1. The van der Waals surface area contributed by atoms with Crippen LogP contribution in [0.3, 0.4) is 0 Å². The van der Waals surface area contributed by atoms with Gasteiger partial charge in [0.2, 0.25) is 0 Å². The summed E-state index contributed by atoms with van der Waals surface area (Å²) < 4.78 is 5.14. The van der Waals surface area contributed by atoms with Crippen LogP contribution in [-0.2, 0) is 11.2 Å². The predicted molar refractivity (Wildman–Crippen MR) is 124 cm³/mol. The van der Waals surface area contributed by atoms with Crippen molar-refractivity contribution >= 4 is 23.7 Å². The molecule has 0 spiro atoms. The Hall–Kier alpha value is -3.68. The molecule has 2 aromatic rings. The van der Waals surface area contributed by atoms with Crippen LogP contribution in [0.4, 0.5) is 0 Å². The first-order valence-electron chi connectivity index (χ1n) is 11.5. The van der Waals surface area contributed by atoms with Gasteiger partial charge in [0.25, 0.3) is 17.7 Å². The number of carbonyl (C=O) groups excluding carboxylic acids is 3. The number of rotatable bonds is 8. The zero-order chi connectivity index (χ0) is 24.2. The van der Waals surface area contributed by atoms with E-state index in [9.17, 15) is 24.3 Å². The minimum absolute atomic E-state index is 0.110. The molecule has 2 N–H and O–H groups in total. The van der Waals surface area contributed by atoms with E-state index in [1.807, 2.05) is 24.3 Å². The molecule has 3 amide bonds. The molecule has 2 aliphatic rings. The second-order valence-corrected chi connectivity index (χ2v) is 8.82. The molecule has 8 nitrogen and oxygen atoms in total. The van der Waals surface area contributed by atoms with Crippen molar-refractivity contribution in [3.8, 4) is 5.75 Å². The molecular formula is C26H28N2O6. The van der Waals surface area contributed by atoms with Crippen LogP contribution in [-0.4, -0.2) is 53.9 Å². The third-order valence-electron chi connectivity index (χ3n) is 6.77. The highest BCUT2D eigenvalue weighted by molar-refractivity contribution is 6.22. The van der Waals surface area contributed by atoms with E-state index < -0.39 is 17.8 Å². The van der Waals surface area contributed by atoms with Crippen LogP contribution in [0.15, 0.2) is 42.5 Å². The van der Waals surface area contributed by atoms with E-state index in [-0.39, 0.29) is 47.5 Å². The number of hydrogen-bond donors (Lipinski definition) is 2. The molecule has 4 rings (SSSR count). The number of carbonyl (C=O) groups is 4. The maximum atomic E-state index is 12.9. The molecular weight excluding hydrogens is 436 g/mol. The van der Waals surface area contributed by atoms with Crippen LogP contribution in [0.2, 0.25) is 0 Å². The van der Waals surface area contributed by atoms with E-state index in [1.165, 1.54) is 23.1 Å². The molecule has 2 aromatic carbocycles. The average Bonchev–Trinajstić information content (AvgIpc) is 3.10. The third-order valence-corrected chi connectivity index (χ3v) is 6.77. The van der Waals surface area contributed by atoms with Gasteiger partial charge in [-0.25, -0.2) is 0 Å². The van der Waals surface area contributed by atoms with Gasteiger partial charge in [0.1, 0.15) is 5.75 Å². The van der Waals surface area contributed by atoms with Crippen molar-refractivity contribution in [3.63, 3.8) is 0 Å². The first-order chi connectivity index (χ1) is 16.4. The first-order valence-corrected chi connectivity index (χ1v) is 11.5. The van der Waals surface area contributed by atoms with Crippen molar-refractivity contribution in [1.82, 2.24) is 10.2 Å². The van der Waals surface area contributed by atoms with Gasteiger partial charge in [0, 0.05) is 18.7 Å². The summed E-state index contributed by atoms with van der Waals surface area (Å²) in [5, 5.41) is 12.2. The summed E-state index contributed by atoms with van der Waals surface area (Å²) in [4.78, 5) is 51.1. The highest BCUT2D eigenvalue weighted by atomic mass is 16.5. The van der Waals surface area contributed by atoms with Gasteiger partial charge >= 0.3 is 5.97 Å². The van der Waals surface area contributed by atoms with E-state index >= 15 is 0 Å². The third kappa shape index (κ3) is 4.81. The fraction of sp³-hybridized carbons (Fsp3) is 0.385. The van der Waals surface area contributed by atoms with Crippen LogP contribution >= 0.6 is 0 Å². The van der Waals surface area contributed by atoms with Gasteiger partial charge in [-0.3, -0.25) is 24.1 Å². The van der Waals surface area contributed by atoms with Crippen LogP contribution in [0.1, 0.15) is 62.3 Å². The number of benzene rings is 2. The number of amides is 3. The van der Waals surface area contributed by atoms with Gasteiger partial charge in [-0.05, 0) is 61.1 Å². The number of nitrogens with zero attached hydrogens (tertiary/aromatic N) is 1. The standard InChI is InChI=1S/C26H28N2O6/c1-34-19-9-6-16(7-10-19)12-13-28-24(30)21-11-8-17(14-22(21)25(28)31)23(29)27-15-18-4-2-3-5-20(18)26(32)33/h6-11,14,18,20H,2-5,12-13,15H2,1H3,(H,27,29)(H,32,33)/t18-,20-/m0/s1. The lowest BCUT2D eigenvalue weighted by molar-refractivity contribution is -0.144. The van der Waals surface area contributed by atoms with Crippen molar-refractivity contribution in [2.24, 2.45) is 11.8 Å². The molecule has 0 aromatic heterocycles. The minimum atomic E-state index is -0.824. The summed E-state index contributed by atoms with van der Waals surface area (Å²) in [6.45, 7) is 0.506. The fourth-order valence-electron chi connectivity index (χ4n) is 4.77. The molecule has 34 heavy (non-hydrogen) atoms. The van der Waals surface area contributed by atoms with Crippen molar-refractivity contribution in [3.05, 3.63) is 64.7 Å². The highest BCUT2D eigenvalue weighted by Gasteiger charge is 2.36. The number of imide groups is 1. The van der Waals surface area contributed by atoms with Gasteiger partial charge < -0.3 is 15.2 Å². The van der Waals surface area contributed by atoms with Crippen molar-refractivity contribution in [2.75, 3.05) is 20.2 Å². The smallest absolute Gasteiger partial charge is 0.306 e. The monoisotopic (exact) mass is 464 g/mol. The van der Waals surface area contributed by atoms with Gasteiger partial charge in [-0.1, -0.05) is 25.0 Å². The number of fused-ring (bicyclic) bond motifs is 1. The molecule has 178 valence electrons. The lowest BCUT2D eigenvalue weighted by atomic mass is 9.79. The van der Waals surface area contributed by atoms with Crippen LogP contribution in [0.5, 0.6) is 5.75 Å². The van der Waals surface area contributed by atoms with Crippen molar-refractivity contribution in [1.29, 1.82) is 0 Å². The summed E-state index contributed by atoms with van der Waals surface area (Å²) in [7, 11) is 1.59.